The highest BCUT2D eigenvalue weighted by Gasteiger charge is 2.13. The van der Waals surface area contributed by atoms with Crippen molar-refractivity contribution < 1.29 is 4.74 Å². The zero-order valence-corrected chi connectivity index (χ0v) is 10.3. The Kier molecular flexibility index (Phi) is 3.34. The van der Waals surface area contributed by atoms with E-state index in [0.717, 1.165) is 5.39 Å². The van der Waals surface area contributed by atoms with Gasteiger partial charge < -0.3 is 15.5 Å². The summed E-state index contributed by atoms with van der Waals surface area (Å²) >= 11 is 0. The van der Waals surface area contributed by atoms with Crippen LogP contribution in [0.2, 0.25) is 0 Å². The summed E-state index contributed by atoms with van der Waals surface area (Å²) in [5, 5.41) is 14.7. The van der Waals surface area contributed by atoms with Gasteiger partial charge >= 0.3 is 0 Å². The summed E-state index contributed by atoms with van der Waals surface area (Å²) in [6, 6.07) is 3.60. The van der Waals surface area contributed by atoms with Crippen molar-refractivity contribution in [2.24, 2.45) is 10.8 Å². The number of aromatic amines is 1. The highest BCUT2D eigenvalue weighted by molar-refractivity contribution is 5.97. The fourth-order valence-corrected chi connectivity index (χ4v) is 1.66. The number of pyridine rings is 1. The number of anilines is 1. The molecule has 19 heavy (non-hydrogen) atoms. The minimum absolute atomic E-state index is 0.183. The first-order valence-electron chi connectivity index (χ1n) is 5.37. The van der Waals surface area contributed by atoms with Crippen molar-refractivity contribution in [1.82, 2.24) is 9.97 Å². The van der Waals surface area contributed by atoms with Crippen LogP contribution in [0.5, 0.6) is 5.75 Å². The molecule has 0 amide bonds. The van der Waals surface area contributed by atoms with E-state index >= 15 is 0 Å². The molecule has 0 fully saturated rings. The first kappa shape index (κ1) is 12.4. The summed E-state index contributed by atoms with van der Waals surface area (Å²) in [5.41, 5.74) is 6.12. The molecule has 0 aliphatic heterocycles. The van der Waals surface area contributed by atoms with Crippen LogP contribution in [-0.2, 0) is 0 Å². The average Bonchev–Trinajstić information content (AvgIpc) is 2.93. The zero-order valence-electron chi connectivity index (χ0n) is 10.3. The number of methoxy groups -OCH3 is 1. The lowest BCUT2D eigenvalue weighted by molar-refractivity contribution is 0.418. The van der Waals surface area contributed by atoms with Crippen LogP contribution in [0, 0.1) is 11.3 Å². The smallest absolute Gasteiger partial charge is 0.222 e. The molecular weight excluding hydrogens is 244 g/mol. The van der Waals surface area contributed by atoms with E-state index in [2.05, 4.69) is 21.6 Å². The molecule has 96 valence electrons. The normalized spacial score (nSPS) is 11.1. The molecule has 2 aromatic heterocycles. The molecule has 0 aromatic carbocycles. The molecule has 7 nitrogen and oxygen atoms in total. The summed E-state index contributed by atoms with van der Waals surface area (Å²) < 4.78 is 5.22. The van der Waals surface area contributed by atoms with Gasteiger partial charge in [-0.3, -0.25) is 0 Å². The number of fused-ring (bicyclic) bond motifs is 1. The highest BCUT2D eigenvalue weighted by atomic mass is 16.5. The number of rotatable bonds is 4. The molecule has 2 rings (SSSR count). The Hall–Kier alpha value is -3.01. The lowest BCUT2D eigenvalue weighted by atomic mass is 10.3. The number of hydrogen-bond acceptors (Lipinski definition) is 5. The number of ether oxygens (including phenoxy) is 1. The maximum absolute atomic E-state index is 8.67. The fraction of sp³-hybridized carbons (Fsp3) is 0.0833. The maximum Gasteiger partial charge on any atom is 0.222 e. The Bertz CT molecular complexity index is 681. The topological polar surface area (TPSA) is 103 Å². The minimum Gasteiger partial charge on any atom is -0.494 e. The van der Waals surface area contributed by atoms with Crippen LogP contribution in [0.25, 0.3) is 10.9 Å². The average molecular weight is 256 g/mol. The van der Waals surface area contributed by atoms with Crippen molar-refractivity contribution in [1.29, 1.82) is 5.26 Å². The van der Waals surface area contributed by atoms with Crippen LogP contribution < -0.4 is 15.5 Å². The quantitative estimate of drug-likeness (QED) is 0.487. The van der Waals surface area contributed by atoms with Crippen LogP contribution in [0.15, 0.2) is 36.3 Å². The molecular formula is C12H12N6O. The van der Waals surface area contributed by atoms with Crippen molar-refractivity contribution >= 4 is 22.6 Å². The number of nitrogens with zero attached hydrogens (tertiary/aromatic N) is 4. The number of nitriles is 1. The molecule has 0 unspecified atom stereocenters. The molecule has 0 spiro atoms. The van der Waals surface area contributed by atoms with Gasteiger partial charge in [-0.1, -0.05) is 6.58 Å². The van der Waals surface area contributed by atoms with E-state index in [1.54, 1.807) is 25.6 Å². The van der Waals surface area contributed by atoms with Crippen LogP contribution in [0.3, 0.4) is 0 Å². The fourth-order valence-electron chi connectivity index (χ4n) is 1.66. The van der Waals surface area contributed by atoms with Gasteiger partial charge in [0, 0.05) is 17.8 Å². The first-order chi connectivity index (χ1) is 9.21. The molecule has 0 bridgehead atoms. The Labute approximate surface area is 109 Å². The summed E-state index contributed by atoms with van der Waals surface area (Å²) in [6.07, 6.45) is 4.75. The van der Waals surface area contributed by atoms with Crippen molar-refractivity contribution in [2.75, 3.05) is 12.1 Å². The van der Waals surface area contributed by atoms with Gasteiger partial charge in [-0.2, -0.15) is 5.26 Å². The van der Waals surface area contributed by atoms with E-state index in [-0.39, 0.29) is 5.84 Å². The molecule has 7 heteroatoms. The molecule has 3 N–H and O–H groups in total. The molecule has 0 saturated heterocycles. The Morgan fingerprint density at radius 3 is 3.16 bits per heavy atom. The summed E-state index contributed by atoms with van der Waals surface area (Å²) in [7, 11) is 1.57. The second-order valence-electron chi connectivity index (χ2n) is 3.54. The van der Waals surface area contributed by atoms with E-state index in [0.29, 0.717) is 17.1 Å². The summed E-state index contributed by atoms with van der Waals surface area (Å²) in [5.74, 6) is 0.937. The monoisotopic (exact) mass is 256 g/mol. The van der Waals surface area contributed by atoms with Gasteiger partial charge in [-0.05, 0) is 6.07 Å². The number of nitrogens with one attached hydrogen (secondary N) is 1. The second kappa shape index (κ2) is 5.10. The van der Waals surface area contributed by atoms with Crippen molar-refractivity contribution in [3.8, 4) is 11.8 Å². The lowest BCUT2D eigenvalue weighted by Crippen LogP contribution is -2.18. The van der Waals surface area contributed by atoms with Gasteiger partial charge in [0.05, 0.1) is 18.8 Å². The third-order valence-corrected chi connectivity index (χ3v) is 2.48. The van der Waals surface area contributed by atoms with E-state index in [4.69, 9.17) is 15.7 Å². The number of aromatic nitrogens is 2. The zero-order chi connectivity index (χ0) is 13.8. The SMILES string of the molecule is C=CN(/N=C(\N)C#N)c1ncc(OC)c2cc[nH]c12. The van der Waals surface area contributed by atoms with Gasteiger partial charge in [0.25, 0.3) is 0 Å². The minimum atomic E-state index is -0.183. The van der Waals surface area contributed by atoms with Crippen molar-refractivity contribution in [3.63, 3.8) is 0 Å². The van der Waals surface area contributed by atoms with Gasteiger partial charge in [-0.25, -0.2) is 9.99 Å². The van der Waals surface area contributed by atoms with E-state index < -0.39 is 0 Å². The predicted molar refractivity (Wildman–Crippen MR) is 72.6 cm³/mol. The van der Waals surface area contributed by atoms with Crippen molar-refractivity contribution in [3.05, 3.63) is 31.2 Å². The van der Waals surface area contributed by atoms with Crippen LogP contribution in [0.4, 0.5) is 5.82 Å². The number of nitrogens with two attached hydrogens (primary N) is 1. The molecule has 0 saturated carbocycles. The van der Waals surface area contributed by atoms with E-state index in [1.165, 1.54) is 11.2 Å². The van der Waals surface area contributed by atoms with Gasteiger partial charge in [0.15, 0.2) is 5.82 Å². The first-order valence-corrected chi connectivity index (χ1v) is 5.37. The lowest BCUT2D eigenvalue weighted by Gasteiger charge is -2.14. The van der Waals surface area contributed by atoms with E-state index in [9.17, 15) is 0 Å². The number of hydrogen-bond donors (Lipinski definition) is 2. The standard InChI is InChI=1S/C12H12N6O/c1-3-18(17-10(14)6-13)12-11-8(4-5-15-11)9(19-2)7-16-12/h3-5,7,15H,1H2,2H3,(H2,14,17). The van der Waals surface area contributed by atoms with Crippen molar-refractivity contribution in [2.45, 2.75) is 0 Å². The molecule has 2 heterocycles. The third kappa shape index (κ3) is 2.19. The highest BCUT2D eigenvalue weighted by Crippen LogP contribution is 2.30. The Morgan fingerprint density at radius 1 is 1.74 bits per heavy atom. The van der Waals surface area contributed by atoms with Gasteiger partial charge in [0.2, 0.25) is 5.84 Å². The second-order valence-corrected chi connectivity index (χ2v) is 3.54. The summed E-state index contributed by atoms with van der Waals surface area (Å²) in [4.78, 5) is 7.28. The Balaban J connectivity index is 2.59. The summed E-state index contributed by atoms with van der Waals surface area (Å²) in [6.45, 7) is 3.63. The molecule has 0 aliphatic rings. The molecule has 0 aliphatic carbocycles. The third-order valence-electron chi connectivity index (χ3n) is 2.48. The van der Waals surface area contributed by atoms with Crippen LogP contribution in [-0.4, -0.2) is 22.9 Å². The predicted octanol–water partition coefficient (Wildman–Crippen LogP) is 1.32. The van der Waals surface area contributed by atoms with E-state index in [1.807, 2.05) is 6.07 Å². The molecule has 0 atom stereocenters. The van der Waals surface area contributed by atoms with Crippen LogP contribution in [0.1, 0.15) is 0 Å². The number of hydrazone groups is 1. The largest absolute Gasteiger partial charge is 0.494 e. The molecule has 0 radical (unpaired) electrons. The number of amidine groups is 1. The Morgan fingerprint density at radius 2 is 2.53 bits per heavy atom. The van der Waals surface area contributed by atoms with Gasteiger partial charge in [0.1, 0.15) is 11.8 Å². The number of H-pyrrole nitrogens is 1. The maximum atomic E-state index is 8.67. The molecule has 2 aromatic rings. The van der Waals surface area contributed by atoms with Gasteiger partial charge in [-0.15, -0.1) is 5.10 Å². The van der Waals surface area contributed by atoms with Crippen LogP contribution >= 0.6 is 0 Å².